The summed E-state index contributed by atoms with van der Waals surface area (Å²) in [6, 6.07) is 17.7. The van der Waals surface area contributed by atoms with Crippen LogP contribution in [0.25, 0.3) is 16.6 Å². The van der Waals surface area contributed by atoms with Gasteiger partial charge >= 0.3 is 6.03 Å². The minimum absolute atomic E-state index is 0.123. The van der Waals surface area contributed by atoms with Crippen LogP contribution in [0, 0.1) is 0 Å². The van der Waals surface area contributed by atoms with Gasteiger partial charge in [-0.25, -0.2) is 28.2 Å². The fourth-order valence-electron chi connectivity index (χ4n) is 4.17. The van der Waals surface area contributed by atoms with E-state index in [4.69, 9.17) is 18.9 Å². The van der Waals surface area contributed by atoms with Gasteiger partial charge in [-0.1, -0.05) is 6.07 Å². The van der Waals surface area contributed by atoms with Gasteiger partial charge in [-0.05, 0) is 42.5 Å². The number of nitrogens with one attached hydrogen (secondary N) is 2. The summed E-state index contributed by atoms with van der Waals surface area (Å²) < 4.78 is 49.4. The van der Waals surface area contributed by atoms with Crippen molar-refractivity contribution >= 4 is 28.4 Å². The third-order valence-electron chi connectivity index (χ3n) is 6.09. The molecule has 2 heterocycles. The second-order valence-corrected chi connectivity index (χ2v) is 8.84. The van der Waals surface area contributed by atoms with Crippen molar-refractivity contribution in [3.63, 3.8) is 0 Å². The van der Waals surface area contributed by atoms with E-state index in [1.54, 1.807) is 60.7 Å². The molecule has 2 amide bonds. The number of aromatic nitrogens is 4. The summed E-state index contributed by atoms with van der Waals surface area (Å²) in [5.41, 5.74) is 1.67. The highest BCUT2D eigenvalue weighted by molar-refractivity contribution is 5.99. The fourth-order valence-corrected chi connectivity index (χ4v) is 4.17. The van der Waals surface area contributed by atoms with Crippen LogP contribution in [0.15, 0.2) is 73.1 Å². The van der Waals surface area contributed by atoms with Crippen LogP contribution in [0.5, 0.6) is 28.9 Å². The van der Waals surface area contributed by atoms with Crippen molar-refractivity contribution in [2.75, 3.05) is 32.0 Å². The van der Waals surface area contributed by atoms with E-state index < -0.39 is 18.9 Å². The SMILES string of the molecule is COc1ccc(-n2nc(CC(F)F)cc2NC(=O)Nc2cccc(Oc3ncnc4cc(OC)c(OC)cc34)c2)cc1. The quantitative estimate of drug-likeness (QED) is 0.205. The molecule has 0 aliphatic heterocycles. The first kappa shape index (κ1) is 28.1. The van der Waals surface area contributed by atoms with Gasteiger partial charge in [0, 0.05) is 23.9 Å². The predicted molar refractivity (Wildman–Crippen MR) is 152 cm³/mol. The van der Waals surface area contributed by atoms with Gasteiger partial charge in [0.2, 0.25) is 12.3 Å². The zero-order chi connectivity index (χ0) is 29.6. The lowest BCUT2D eigenvalue weighted by Gasteiger charge is -2.13. The second kappa shape index (κ2) is 12.4. The van der Waals surface area contributed by atoms with Gasteiger partial charge in [0.1, 0.15) is 23.6 Å². The van der Waals surface area contributed by atoms with E-state index in [0.717, 1.165) is 0 Å². The fraction of sp³-hybridized carbons (Fsp3) is 0.172. The predicted octanol–water partition coefficient (Wildman–Crippen LogP) is 6.09. The molecule has 0 atom stereocenters. The molecular weight excluding hydrogens is 550 g/mol. The number of hydrogen-bond acceptors (Lipinski definition) is 8. The summed E-state index contributed by atoms with van der Waals surface area (Å²) in [6.45, 7) is 0. The minimum atomic E-state index is -2.59. The smallest absolute Gasteiger partial charge is 0.324 e. The molecule has 0 fully saturated rings. The van der Waals surface area contributed by atoms with E-state index in [9.17, 15) is 13.6 Å². The van der Waals surface area contributed by atoms with E-state index in [1.807, 2.05) is 0 Å². The Hall–Kier alpha value is -5.46. The summed E-state index contributed by atoms with van der Waals surface area (Å²) in [4.78, 5) is 21.5. The van der Waals surface area contributed by atoms with Crippen molar-refractivity contribution < 1.29 is 32.5 Å². The maximum Gasteiger partial charge on any atom is 0.324 e. The first-order chi connectivity index (χ1) is 20.4. The van der Waals surface area contributed by atoms with Crippen LogP contribution in [0.3, 0.4) is 0 Å². The van der Waals surface area contributed by atoms with Gasteiger partial charge in [-0.2, -0.15) is 5.10 Å². The molecule has 216 valence electrons. The van der Waals surface area contributed by atoms with Gasteiger partial charge in [-0.15, -0.1) is 0 Å². The molecule has 2 aromatic heterocycles. The maximum atomic E-state index is 13.1. The van der Waals surface area contributed by atoms with Gasteiger partial charge in [-0.3, -0.25) is 5.32 Å². The van der Waals surface area contributed by atoms with Gasteiger partial charge < -0.3 is 24.3 Å². The van der Waals surface area contributed by atoms with Crippen molar-refractivity contribution in [1.29, 1.82) is 0 Å². The molecule has 11 nitrogen and oxygen atoms in total. The van der Waals surface area contributed by atoms with Crippen molar-refractivity contribution in [1.82, 2.24) is 19.7 Å². The second-order valence-electron chi connectivity index (χ2n) is 8.84. The molecule has 0 bridgehead atoms. The number of rotatable bonds is 10. The van der Waals surface area contributed by atoms with Gasteiger partial charge in [0.15, 0.2) is 11.5 Å². The summed E-state index contributed by atoms with van der Waals surface area (Å²) in [5, 5.41) is 10.3. The van der Waals surface area contributed by atoms with Crippen molar-refractivity contribution in [3.8, 4) is 34.6 Å². The van der Waals surface area contributed by atoms with E-state index in [2.05, 4.69) is 25.7 Å². The van der Waals surface area contributed by atoms with Crippen LogP contribution in [0.4, 0.5) is 25.1 Å². The first-order valence-electron chi connectivity index (χ1n) is 12.6. The summed E-state index contributed by atoms with van der Waals surface area (Å²) >= 11 is 0. The standard InChI is InChI=1S/C29H26F2N6O5/c1-39-20-9-7-19(8-10-20)37-27(13-18(36-37)12-26(30)31)35-29(38)34-17-5-4-6-21(11-17)42-28-22-14-24(40-2)25(41-3)15-23(22)32-16-33-28/h4-11,13-16,26H,12H2,1-3H3,(H2,34,35,38). The molecule has 0 radical (unpaired) electrons. The Morgan fingerprint density at radius 3 is 2.36 bits per heavy atom. The lowest BCUT2D eigenvalue weighted by molar-refractivity contribution is 0.147. The number of methoxy groups -OCH3 is 3. The van der Waals surface area contributed by atoms with E-state index in [0.29, 0.717) is 45.3 Å². The number of alkyl halides is 2. The van der Waals surface area contributed by atoms with Gasteiger partial charge in [0.25, 0.3) is 0 Å². The topological polar surface area (TPSA) is 122 Å². The number of amides is 2. The molecule has 3 aromatic carbocycles. The number of urea groups is 1. The normalized spacial score (nSPS) is 10.9. The molecule has 2 N–H and O–H groups in total. The Bertz CT molecular complexity index is 1710. The number of benzene rings is 3. The Morgan fingerprint density at radius 1 is 0.881 bits per heavy atom. The average molecular weight is 577 g/mol. The van der Waals surface area contributed by atoms with Crippen molar-refractivity contribution in [2.45, 2.75) is 12.8 Å². The molecule has 13 heteroatoms. The summed E-state index contributed by atoms with van der Waals surface area (Å²) in [5.74, 6) is 2.49. The highest BCUT2D eigenvalue weighted by Gasteiger charge is 2.17. The number of ether oxygens (including phenoxy) is 4. The Balaban J connectivity index is 1.35. The number of carbonyl (C=O) groups excluding carboxylic acids is 1. The van der Waals surface area contributed by atoms with E-state index in [1.165, 1.54) is 38.4 Å². The Kier molecular flexibility index (Phi) is 8.27. The minimum Gasteiger partial charge on any atom is -0.497 e. The average Bonchev–Trinajstić information content (AvgIpc) is 3.37. The third kappa shape index (κ3) is 6.30. The third-order valence-corrected chi connectivity index (χ3v) is 6.09. The van der Waals surface area contributed by atoms with Crippen molar-refractivity contribution in [3.05, 3.63) is 78.8 Å². The summed E-state index contributed by atoms with van der Waals surface area (Å²) in [6.07, 6.45) is -1.79. The zero-order valence-corrected chi connectivity index (χ0v) is 22.8. The highest BCUT2D eigenvalue weighted by Crippen LogP contribution is 2.36. The Morgan fingerprint density at radius 2 is 1.64 bits per heavy atom. The number of nitrogens with zero attached hydrogens (tertiary/aromatic N) is 4. The maximum absolute atomic E-state index is 13.1. The first-order valence-corrected chi connectivity index (χ1v) is 12.6. The number of fused-ring (bicyclic) bond motifs is 1. The van der Waals surface area contributed by atoms with Crippen molar-refractivity contribution in [2.24, 2.45) is 0 Å². The van der Waals surface area contributed by atoms with Crippen LogP contribution in [-0.2, 0) is 6.42 Å². The zero-order valence-electron chi connectivity index (χ0n) is 22.8. The molecule has 0 saturated carbocycles. The van der Waals surface area contributed by atoms with Crippen LogP contribution in [-0.4, -0.2) is 53.5 Å². The van der Waals surface area contributed by atoms with E-state index >= 15 is 0 Å². The van der Waals surface area contributed by atoms with Gasteiger partial charge in [0.05, 0.1) is 50.0 Å². The molecule has 0 unspecified atom stereocenters. The number of halogens is 2. The molecule has 0 saturated heterocycles. The largest absolute Gasteiger partial charge is 0.497 e. The highest BCUT2D eigenvalue weighted by atomic mass is 19.3. The molecule has 0 aliphatic carbocycles. The molecule has 5 aromatic rings. The monoisotopic (exact) mass is 576 g/mol. The van der Waals surface area contributed by atoms with Crippen LogP contribution >= 0.6 is 0 Å². The van der Waals surface area contributed by atoms with Crippen LogP contribution in [0.1, 0.15) is 5.69 Å². The number of hydrogen-bond donors (Lipinski definition) is 2. The molecule has 0 spiro atoms. The molecule has 0 aliphatic rings. The lowest BCUT2D eigenvalue weighted by atomic mass is 10.2. The molecule has 42 heavy (non-hydrogen) atoms. The number of carbonyl (C=O) groups is 1. The van der Waals surface area contributed by atoms with Crippen LogP contribution in [0.2, 0.25) is 0 Å². The van der Waals surface area contributed by atoms with Crippen LogP contribution < -0.4 is 29.6 Å². The molecular formula is C29H26F2N6O5. The van der Waals surface area contributed by atoms with E-state index in [-0.39, 0.29) is 17.4 Å². The summed E-state index contributed by atoms with van der Waals surface area (Å²) in [7, 11) is 4.59. The molecule has 5 rings (SSSR count). The Labute approximate surface area is 239 Å². The lowest BCUT2D eigenvalue weighted by Crippen LogP contribution is -2.21. The number of anilines is 2.